The Morgan fingerprint density at radius 2 is 1.72 bits per heavy atom. The molecule has 9 heteroatoms. The van der Waals surface area contributed by atoms with E-state index in [-0.39, 0.29) is 30.9 Å². The molecule has 0 radical (unpaired) electrons. The summed E-state index contributed by atoms with van der Waals surface area (Å²) in [6.07, 6.45) is 1.87. The molecule has 3 aromatic carbocycles. The summed E-state index contributed by atoms with van der Waals surface area (Å²) in [5.74, 6) is 1.28. The van der Waals surface area contributed by atoms with Gasteiger partial charge in [-0.25, -0.2) is 4.79 Å². The topological polar surface area (TPSA) is 104 Å². The molecule has 2 unspecified atom stereocenters. The first-order valence-electron chi connectivity index (χ1n) is 14.3. The number of amides is 4. The highest BCUT2D eigenvalue weighted by molar-refractivity contribution is 6.03. The molecule has 0 aliphatic carbocycles. The van der Waals surface area contributed by atoms with Gasteiger partial charge in [-0.3, -0.25) is 14.5 Å². The quantitative estimate of drug-likeness (QED) is 0.271. The third-order valence-corrected chi connectivity index (χ3v) is 7.70. The Bertz CT molecular complexity index is 1640. The van der Waals surface area contributed by atoms with Crippen LogP contribution in [0, 0.1) is 0 Å². The lowest BCUT2D eigenvalue weighted by Crippen LogP contribution is -2.49. The normalized spacial score (nSPS) is 17.0. The SMILES string of the molecule is CCN1C(=O)NC(c2cccc(Oc3ccccc3)c2)C2=C1CN(C(Cc1ccccc1)C(=O)NCc1ccco1)C2=O. The van der Waals surface area contributed by atoms with Crippen LogP contribution in [0.1, 0.15) is 29.9 Å². The van der Waals surface area contributed by atoms with Crippen LogP contribution < -0.4 is 15.4 Å². The van der Waals surface area contributed by atoms with E-state index < -0.39 is 12.1 Å². The second kappa shape index (κ2) is 12.3. The number of nitrogens with zero attached hydrogens (tertiary/aromatic N) is 2. The van der Waals surface area contributed by atoms with Crippen LogP contribution in [0.3, 0.4) is 0 Å². The van der Waals surface area contributed by atoms with E-state index in [2.05, 4.69) is 10.6 Å². The summed E-state index contributed by atoms with van der Waals surface area (Å²) in [6.45, 7) is 2.58. The average molecular weight is 577 g/mol. The van der Waals surface area contributed by atoms with Crippen molar-refractivity contribution in [3.63, 3.8) is 0 Å². The van der Waals surface area contributed by atoms with E-state index in [9.17, 15) is 14.4 Å². The zero-order chi connectivity index (χ0) is 29.8. The molecule has 0 fully saturated rings. The summed E-state index contributed by atoms with van der Waals surface area (Å²) in [7, 11) is 0. The first-order valence-corrected chi connectivity index (χ1v) is 14.3. The van der Waals surface area contributed by atoms with Crippen LogP contribution in [0.2, 0.25) is 0 Å². The fourth-order valence-corrected chi connectivity index (χ4v) is 5.62. The number of rotatable bonds is 10. The van der Waals surface area contributed by atoms with Crippen molar-refractivity contribution in [2.24, 2.45) is 0 Å². The van der Waals surface area contributed by atoms with Crippen molar-refractivity contribution in [3.8, 4) is 11.5 Å². The zero-order valence-electron chi connectivity index (χ0n) is 23.7. The minimum absolute atomic E-state index is 0.137. The Morgan fingerprint density at radius 1 is 0.977 bits per heavy atom. The van der Waals surface area contributed by atoms with Crippen LogP contribution in [-0.4, -0.2) is 46.8 Å². The molecule has 0 saturated heterocycles. The highest BCUT2D eigenvalue weighted by Gasteiger charge is 2.46. The number of nitrogens with one attached hydrogen (secondary N) is 2. The number of hydrogen-bond donors (Lipinski definition) is 2. The minimum Gasteiger partial charge on any atom is -0.467 e. The maximum atomic E-state index is 14.3. The molecule has 4 amide bonds. The Labute approximate surface area is 249 Å². The van der Waals surface area contributed by atoms with Gasteiger partial charge in [0.1, 0.15) is 23.3 Å². The molecule has 6 rings (SSSR count). The smallest absolute Gasteiger partial charge is 0.322 e. The summed E-state index contributed by atoms with van der Waals surface area (Å²) in [6, 6.07) is 28.1. The second-order valence-electron chi connectivity index (χ2n) is 10.4. The van der Waals surface area contributed by atoms with Gasteiger partial charge in [0.25, 0.3) is 5.91 Å². The average Bonchev–Trinajstić information content (AvgIpc) is 3.67. The first-order chi connectivity index (χ1) is 21.0. The van der Waals surface area contributed by atoms with Crippen molar-refractivity contribution >= 4 is 17.8 Å². The maximum absolute atomic E-state index is 14.3. The van der Waals surface area contributed by atoms with Crippen molar-refractivity contribution in [2.75, 3.05) is 13.1 Å². The number of urea groups is 1. The fourth-order valence-electron chi connectivity index (χ4n) is 5.62. The van der Waals surface area contributed by atoms with Gasteiger partial charge in [0.2, 0.25) is 5.91 Å². The van der Waals surface area contributed by atoms with Crippen LogP contribution >= 0.6 is 0 Å². The monoisotopic (exact) mass is 576 g/mol. The highest BCUT2D eigenvalue weighted by Crippen LogP contribution is 2.38. The summed E-state index contributed by atoms with van der Waals surface area (Å²) in [4.78, 5) is 44.4. The predicted molar refractivity (Wildman–Crippen MR) is 160 cm³/mol. The molecule has 0 saturated carbocycles. The lowest BCUT2D eigenvalue weighted by Gasteiger charge is -2.33. The van der Waals surface area contributed by atoms with Crippen molar-refractivity contribution < 1.29 is 23.5 Å². The predicted octanol–water partition coefficient (Wildman–Crippen LogP) is 5.18. The molecule has 2 N–H and O–H groups in total. The Kier molecular flexibility index (Phi) is 7.95. The van der Waals surface area contributed by atoms with Crippen molar-refractivity contribution in [2.45, 2.75) is 32.0 Å². The third-order valence-electron chi connectivity index (χ3n) is 7.70. The van der Waals surface area contributed by atoms with Gasteiger partial charge in [-0.2, -0.15) is 0 Å². The van der Waals surface area contributed by atoms with Crippen LogP contribution in [0.4, 0.5) is 4.79 Å². The molecule has 4 aromatic rings. The minimum atomic E-state index is -0.808. The van der Waals surface area contributed by atoms with Gasteiger partial charge < -0.3 is 24.7 Å². The molecular formula is C34H32N4O5. The zero-order valence-corrected chi connectivity index (χ0v) is 23.7. The largest absolute Gasteiger partial charge is 0.467 e. The number of benzene rings is 3. The van der Waals surface area contributed by atoms with E-state index in [4.69, 9.17) is 9.15 Å². The Hall–Kier alpha value is -5.31. The van der Waals surface area contributed by atoms with Gasteiger partial charge in [0.15, 0.2) is 0 Å². The van der Waals surface area contributed by atoms with Gasteiger partial charge in [0.05, 0.1) is 36.7 Å². The van der Waals surface area contributed by atoms with Gasteiger partial charge in [-0.15, -0.1) is 0 Å². The summed E-state index contributed by atoms with van der Waals surface area (Å²) in [5, 5.41) is 5.96. The van der Waals surface area contributed by atoms with Crippen LogP contribution in [0.15, 0.2) is 119 Å². The van der Waals surface area contributed by atoms with E-state index in [1.165, 1.54) is 0 Å². The maximum Gasteiger partial charge on any atom is 0.322 e. The summed E-state index contributed by atoms with van der Waals surface area (Å²) < 4.78 is 11.4. The number of likely N-dealkylation sites (N-methyl/N-ethyl adjacent to an activating group) is 1. The Balaban J connectivity index is 1.31. The van der Waals surface area contributed by atoms with Crippen molar-refractivity contribution in [3.05, 3.63) is 131 Å². The number of furan rings is 1. The van der Waals surface area contributed by atoms with E-state index in [1.54, 1.807) is 28.2 Å². The molecule has 2 aliphatic heterocycles. The highest BCUT2D eigenvalue weighted by atomic mass is 16.5. The lowest BCUT2D eigenvalue weighted by atomic mass is 9.95. The van der Waals surface area contributed by atoms with E-state index in [1.807, 2.05) is 91.9 Å². The lowest BCUT2D eigenvalue weighted by molar-refractivity contribution is -0.136. The molecule has 218 valence electrons. The standard InChI is InChI=1S/C34H32N4O5/c1-2-37-29-22-38(28(19-23-11-5-3-6-12-23)32(39)35-21-27-17-10-18-42-27)33(40)30(29)31(36-34(37)41)24-13-9-16-26(20-24)43-25-14-7-4-8-15-25/h3-18,20,28,31H,2,19,21-22H2,1H3,(H,35,39)(H,36,41). The number of hydrogen-bond acceptors (Lipinski definition) is 5. The summed E-state index contributed by atoms with van der Waals surface area (Å²) in [5.41, 5.74) is 2.69. The van der Waals surface area contributed by atoms with Gasteiger partial charge in [-0.1, -0.05) is 60.7 Å². The number of para-hydroxylation sites is 1. The van der Waals surface area contributed by atoms with E-state index >= 15 is 0 Å². The number of carbonyl (C=O) groups excluding carboxylic acids is 3. The van der Waals surface area contributed by atoms with Crippen molar-refractivity contribution in [1.29, 1.82) is 0 Å². The number of ether oxygens (including phenoxy) is 1. The molecule has 2 aliphatic rings. The molecule has 0 bridgehead atoms. The Morgan fingerprint density at radius 3 is 2.44 bits per heavy atom. The summed E-state index contributed by atoms with van der Waals surface area (Å²) >= 11 is 0. The molecule has 3 heterocycles. The van der Waals surface area contributed by atoms with Crippen molar-refractivity contribution in [1.82, 2.24) is 20.4 Å². The van der Waals surface area contributed by atoms with E-state index in [0.717, 1.165) is 5.56 Å². The molecule has 1 aromatic heterocycles. The molecular weight excluding hydrogens is 544 g/mol. The molecule has 2 atom stereocenters. The van der Waals surface area contributed by atoms with E-state index in [0.29, 0.717) is 47.1 Å². The molecule has 43 heavy (non-hydrogen) atoms. The van der Waals surface area contributed by atoms with Gasteiger partial charge in [-0.05, 0) is 54.4 Å². The first kappa shape index (κ1) is 27.8. The number of carbonyl (C=O) groups is 3. The molecule has 9 nitrogen and oxygen atoms in total. The van der Waals surface area contributed by atoms with Crippen LogP contribution in [0.5, 0.6) is 11.5 Å². The fraction of sp³-hybridized carbons (Fsp3) is 0.206. The third kappa shape index (κ3) is 5.88. The second-order valence-corrected chi connectivity index (χ2v) is 10.4. The molecule has 0 spiro atoms. The van der Waals surface area contributed by atoms with Gasteiger partial charge >= 0.3 is 6.03 Å². The van der Waals surface area contributed by atoms with Crippen LogP contribution in [0.25, 0.3) is 0 Å². The van der Waals surface area contributed by atoms with Crippen LogP contribution in [-0.2, 0) is 22.6 Å². The van der Waals surface area contributed by atoms with Gasteiger partial charge in [0, 0.05) is 13.0 Å².